The van der Waals surface area contributed by atoms with Crippen LogP contribution in [0.15, 0.2) is 23.8 Å². The summed E-state index contributed by atoms with van der Waals surface area (Å²) in [6.07, 6.45) is 1.77. The van der Waals surface area contributed by atoms with Crippen LogP contribution >= 0.6 is 0 Å². The zero-order chi connectivity index (χ0) is 14.6. The van der Waals surface area contributed by atoms with Crippen molar-refractivity contribution in [2.24, 2.45) is 0 Å². The van der Waals surface area contributed by atoms with Crippen molar-refractivity contribution in [2.75, 3.05) is 11.9 Å². The van der Waals surface area contributed by atoms with Gasteiger partial charge in [0.05, 0.1) is 16.6 Å². The summed E-state index contributed by atoms with van der Waals surface area (Å²) >= 11 is 0. The monoisotopic (exact) mass is 268 g/mol. The Morgan fingerprint density at radius 3 is 2.63 bits per heavy atom. The van der Waals surface area contributed by atoms with Gasteiger partial charge in [-0.3, -0.25) is 10.1 Å². The molecule has 102 valence electrons. The number of carbonyl (C=O) groups is 1. The molecule has 0 saturated heterocycles. The van der Waals surface area contributed by atoms with Gasteiger partial charge in [0.15, 0.2) is 0 Å². The molecule has 0 amide bonds. The summed E-state index contributed by atoms with van der Waals surface area (Å²) in [5.41, 5.74) is -0.132. The smallest absolute Gasteiger partial charge is 0.338 e. The lowest BCUT2D eigenvalue weighted by Gasteiger charge is -2.07. The molecular weight excluding hydrogens is 255 g/mol. The maximum atomic E-state index is 13.4. The number of hydrogen-bond donors (Lipinski definition) is 2. The average molecular weight is 268 g/mol. The number of carboxylic acids is 1. The fourth-order valence-electron chi connectivity index (χ4n) is 1.38. The molecule has 0 atom stereocenters. The van der Waals surface area contributed by atoms with Gasteiger partial charge in [0.1, 0.15) is 11.5 Å². The first kappa shape index (κ1) is 14.6. The van der Waals surface area contributed by atoms with Crippen molar-refractivity contribution in [2.45, 2.75) is 13.8 Å². The van der Waals surface area contributed by atoms with Crippen LogP contribution < -0.4 is 5.32 Å². The molecular formula is C12H13FN2O4. The van der Waals surface area contributed by atoms with E-state index >= 15 is 0 Å². The molecule has 1 rings (SSSR count). The first-order chi connectivity index (χ1) is 8.82. The first-order valence-corrected chi connectivity index (χ1v) is 5.41. The lowest BCUT2D eigenvalue weighted by Crippen LogP contribution is -2.07. The highest BCUT2D eigenvalue weighted by atomic mass is 19.1. The summed E-state index contributed by atoms with van der Waals surface area (Å²) in [5.74, 6) is -2.61. The number of halogens is 1. The van der Waals surface area contributed by atoms with E-state index in [0.29, 0.717) is 6.07 Å². The van der Waals surface area contributed by atoms with Gasteiger partial charge >= 0.3 is 5.97 Å². The van der Waals surface area contributed by atoms with Crippen molar-refractivity contribution >= 4 is 17.3 Å². The number of nitrogens with one attached hydrogen (secondary N) is 1. The molecule has 0 bridgehead atoms. The van der Waals surface area contributed by atoms with Gasteiger partial charge in [-0.2, -0.15) is 0 Å². The molecule has 0 saturated carbocycles. The van der Waals surface area contributed by atoms with Crippen LogP contribution in [0.5, 0.6) is 0 Å². The molecule has 0 aromatic heterocycles. The minimum absolute atomic E-state index is 0.0266. The van der Waals surface area contributed by atoms with Crippen molar-refractivity contribution < 1.29 is 19.2 Å². The van der Waals surface area contributed by atoms with E-state index in [0.717, 1.165) is 11.6 Å². The highest BCUT2D eigenvalue weighted by molar-refractivity contribution is 5.90. The van der Waals surface area contributed by atoms with Crippen LogP contribution in [-0.2, 0) is 0 Å². The Bertz CT molecular complexity index is 551. The molecule has 0 radical (unpaired) electrons. The normalized spacial score (nSPS) is 9.84. The largest absolute Gasteiger partial charge is 0.478 e. The minimum Gasteiger partial charge on any atom is -0.478 e. The molecule has 0 fully saturated rings. The summed E-state index contributed by atoms with van der Waals surface area (Å²) in [5, 5.41) is 22.3. The molecule has 1 aromatic rings. The van der Waals surface area contributed by atoms with Gasteiger partial charge in [0.2, 0.25) is 0 Å². The lowest BCUT2D eigenvalue weighted by atomic mass is 10.1. The molecule has 0 aliphatic heterocycles. The molecule has 1 aromatic carbocycles. The number of nitro benzene ring substituents is 1. The topological polar surface area (TPSA) is 92.5 Å². The van der Waals surface area contributed by atoms with Gasteiger partial charge in [-0.1, -0.05) is 11.6 Å². The van der Waals surface area contributed by atoms with Crippen LogP contribution in [-0.4, -0.2) is 22.5 Å². The van der Waals surface area contributed by atoms with Crippen molar-refractivity contribution in [3.63, 3.8) is 0 Å². The van der Waals surface area contributed by atoms with E-state index < -0.39 is 28.0 Å². The number of aromatic carboxylic acids is 1. The van der Waals surface area contributed by atoms with E-state index in [9.17, 15) is 19.3 Å². The zero-order valence-corrected chi connectivity index (χ0v) is 10.4. The third kappa shape index (κ3) is 3.77. The van der Waals surface area contributed by atoms with E-state index in [1.807, 2.05) is 13.8 Å². The van der Waals surface area contributed by atoms with Gasteiger partial charge in [0, 0.05) is 6.54 Å². The highest BCUT2D eigenvalue weighted by Gasteiger charge is 2.21. The predicted octanol–water partition coefficient (Wildman–Crippen LogP) is 2.81. The molecule has 0 heterocycles. The number of carboxylic acid groups (broad SMARTS) is 1. The molecule has 2 N–H and O–H groups in total. The van der Waals surface area contributed by atoms with Crippen LogP contribution in [0.1, 0.15) is 24.2 Å². The number of rotatable bonds is 5. The summed E-state index contributed by atoms with van der Waals surface area (Å²) in [6, 6.07) is 1.53. The Kier molecular flexibility index (Phi) is 4.57. The van der Waals surface area contributed by atoms with E-state index in [-0.39, 0.29) is 12.2 Å². The third-order valence-electron chi connectivity index (χ3n) is 2.32. The van der Waals surface area contributed by atoms with Crippen molar-refractivity contribution in [3.05, 3.63) is 45.3 Å². The van der Waals surface area contributed by atoms with E-state index in [1.165, 1.54) is 0 Å². The number of allylic oxidation sites excluding steroid dienone is 1. The van der Waals surface area contributed by atoms with Crippen LogP contribution in [0.2, 0.25) is 0 Å². The predicted molar refractivity (Wildman–Crippen MR) is 67.9 cm³/mol. The highest BCUT2D eigenvalue weighted by Crippen LogP contribution is 2.27. The second-order valence-corrected chi connectivity index (χ2v) is 4.07. The van der Waals surface area contributed by atoms with E-state index in [2.05, 4.69) is 5.32 Å². The Hall–Kier alpha value is -2.44. The Labute approximate surface area is 108 Å². The number of hydrogen-bond acceptors (Lipinski definition) is 4. The zero-order valence-electron chi connectivity index (χ0n) is 10.4. The fourth-order valence-corrected chi connectivity index (χ4v) is 1.38. The average Bonchev–Trinajstić information content (AvgIpc) is 2.29. The van der Waals surface area contributed by atoms with Gasteiger partial charge < -0.3 is 10.4 Å². The molecule has 0 aliphatic rings. The molecule has 0 aliphatic carbocycles. The molecule has 6 nitrogen and oxygen atoms in total. The van der Waals surface area contributed by atoms with Crippen molar-refractivity contribution in [1.29, 1.82) is 0 Å². The maximum Gasteiger partial charge on any atom is 0.338 e. The lowest BCUT2D eigenvalue weighted by molar-refractivity contribution is -0.384. The fraction of sp³-hybridized carbons (Fsp3) is 0.250. The van der Waals surface area contributed by atoms with Gasteiger partial charge in [-0.25, -0.2) is 9.18 Å². The molecule has 19 heavy (non-hydrogen) atoms. The molecule has 0 unspecified atom stereocenters. The van der Waals surface area contributed by atoms with Crippen molar-refractivity contribution in [3.8, 4) is 0 Å². The van der Waals surface area contributed by atoms with Gasteiger partial charge in [0.25, 0.3) is 5.69 Å². The molecule has 7 heteroatoms. The Morgan fingerprint density at radius 1 is 1.53 bits per heavy atom. The number of nitrogens with zero attached hydrogens (tertiary/aromatic N) is 1. The second kappa shape index (κ2) is 5.94. The standard InChI is InChI=1S/C12H13FN2O4/c1-7(2)3-4-14-10-5-8(12(16)17)9(13)6-11(10)15(18)19/h3,5-6,14H,4H2,1-2H3,(H,16,17). The van der Waals surface area contributed by atoms with E-state index in [1.54, 1.807) is 6.08 Å². The van der Waals surface area contributed by atoms with Crippen LogP contribution in [0.3, 0.4) is 0 Å². The van der Waals surface area contributed by atoms with Crippen LogP contribution in [0, 0.1) is 15.9 Å². The number of anilines is 1. The van der Waals surface area contributed by atoms with Crippen molar-refractivity contribution in [1.82, 2.24) is 0 Å². The van der Waals surface area contributed by atoms with E-state index in [4.69, 9.17) is 5.11 Å². The minimum atomic E-state index is -1.47. The van der Waals surface area contributed by atoms with Gasteiger partial charge in [-0.05, 0) is 19.9 Å². The SMILES string of the molecule is CC(C)=CCNc1cc(C(=O)O)c(F)cc1[N+](=O)[O-]. The second-order valence-electron chi connectivity index (χ2n) is 4.07. The maximum absolute atomic E-state index is 13.4. The van der Waals surface area contributed by atoms with Crippen LogP contribution in [0.4, 0.5) is 15.8 Å². The van der Waals surface area contributed by atoms with Crippen LogP contribution in [0.25, 0.3) is 0 Å². The van der Waals surface area contributed by atoms with Gasteiger partial charge in [-0.15, -0.1) is 0 Å². The Balaban J connectivity index is 3.18. The summed E-state index contributed by atoms with van der Waals surface area (Å²) in [4.78, 5) is 20.8. The first-order valence-electron chi connectivity index (χ1n) is 5.41. The third-order valence-corrected chi connectivity index (χ3v) is 2.32. The molecule has 0 spiro atoms. The number of benzene rings is 1. The number of nitro groups is 1. The summed E-state index contributed by atoms with van der Waals surface area (Å²) in [6.45, 7) is 3.99. The Morgan fingerprint density at radius 2 is 2.16 bits per heavy atom. The summed E-state index contributed by atoms with van der Waals surface area (Å²) in [7, 11) is 0. The summed E-state index contributed by atoms with van der Waals surface area (Å²) < 4.78 is 13.4. The quantitative estimate of drug-likeness (QED) is 0.486.